The standard InChI is InChI=1S/C18H27N3/c1-4-6-11-21(14(3)5-2)18-17-10-8-7-9-16(17)15(12-19)13-20-18/h7-10,13-14H,4-6,11-12,19H2,1-3H3. The van der Waals surface area contributed by atoms with E-state index in [-0.39, 0.29) is 0 Å². The zero-order chi connectivity index (χ0) is 15.2. The maximum Gasteiger partial charge on any atom is 0.136 e. The summed E-state index contributed by atoms with van der Waals surface area (Å²) < 4.78 is 0. The molecule has 0 saturated carbocycles. The molecule has 0 aliphatic heterocycles. The first-order chi connectivity index (χ1) is 10.2. The van der Waals surface area contributed by atoms with Gasteiger partial charge in [0.2, 0.25) is 0 Å². The topological polar surface area (TPSA) is 42.2 Å². The van der Waals surface area contributed by atoms with Crippen LogP contribution in [0.4, 0.5) is 5.82 Å². The zero-order valence-corrected chi connectivity index (χ0v) is 13.5. The van der Waals surface area contributed by atoms with Crippen LogP contribution in [-0.4, -0.2) is 17.6 Å². The van der Waals surface area contributed by atoms with Gasteiger partial charge < -0.3 is 10.6 Å². The number of hydrogen-bond donors (Lipinski definition) is 1. The van der Waals surface area contributed by atoms with Crippen LogP contribution < -0.4 is 10.6 Å². The van der Waals surface area contributed by atoms with Crippen LogP contribution in [0.2, 0.25) is 0 Å². The summed E-state index contributed by atoms with van der Waals surface area (Å²) in [7, 11) is 0. The Morgan fingerprint density at radius 3 is 2.52 bits per heavy atom. The Bertz CT molecular complexity index is 580. The summed E-state index contributed by atoms with van der Waals surface area (Å²) in [4.78, 5) is 7.20. The van der Waals surface area contributed by atoms with Crippen molar-refractivity contribution in [3.05, 3.63) is 36.0 Å². The predicted molar refractivity (Wildman–Crippen MR) is 91.6 cm³/mol. The molecule has 2 rings (SSSR count). The summed E-state index contributed by atoms with van der Waals surface area (Å²) in [5, 5.41) is 2.45. The minimum absolute atomic E-state index is 0.496. The van der Waals surface area contributed by atoms with Crippen LogP contribution in [0.5, 0.6) is 0 Å². The van der Waals surface area contributed by atoms with Crippen LogP contribution >= 0.6 is 0 Å². The Kier molecular flexibility index (Phi) is 5.57. The molecule has 1 aromatic carbocycles. The molecule has 0 saturated heterocycles. The summed E-state index contributed by atoms with van der Waals surface area (Å²) in [5.41, 5.74) is 6.97. The number of aromatic nitrogens is 1. The van der Waals surface area contributed by atoms with Gasteiger partial charge >= 0.3 is 0 Å². The van der Waals surface area contributed by atoms with Crippen molar-refractivity contribution in [3.8, 4) is 0 Å². The van der Waals surface area contributed by atoms with E-state index >= 15 is 0 Å². The van der Waals surface area contributed by atoms with Crippen LogP contribution in [0, 0.1) is 0 Å². The number of nitrogens with two attached hydrogens (primary N) is 1. The quantitative estimate of drug-likeness (QED) is 0.833. The SMILES string of the molecule is CCCCN(c1ncc(CN)c2ccccc12)C(C)CC. The Labute approximate surface area is 128 Å². The Morgan fingerprint density at radius 2 is 1.90 bits per heavy atom. The third-order valence-electron chi connectivity index (χ3n) is 4.22. The van der Waals surface area contributed by atoms with Gasteiger partial charge in [-0.2, -0.15) is 0 Å². The lowest BCUT2D eigenvalue weighted by atomic mass is 10.1. The van der Waals surface area contributed by atoms with Crippen LogP contribution in [0.25, 0.3) is 10.8 Å². The highest BCUT2D eigenvalue weighted by Gasteiger charge is 2.17. The van der Waals surface area contributed by atoms with E-state index in [1.54, 1.807) is 0 Å². The molecule has 3 heteroatoms. The molecule has 2 aromatic rings. The number of benzene rings is 1. The largest absolute Gasteiger partial charge is 0.353 e. The second kappa shape index (κ2) is 7.41. The normalized spacial score (nSPS) is 12.6. The number of unbranched alkanes of at least 4 members (excludes halogenated alkanes) is 1. The smallest absolute Gasteiger partial charge is 0.136 e. The second-order valence-electron chi connectivity index (χ2n) is 5.66. The van der Waals surface area contributed by atoms with Gasteiger partial charge in [-0.15, -0.1) is 0 Å². The molecule has 2 N–H and O–H groups in total. The Hall–Kier alpha value is -1.61. The van der Waals surface area contributed by atoms with E-state index in [4.69, 9.17) is 10.7 Å². The van der Waals surface area contributed by atoms with Crippen molar-refractivity contribution in [2.45, 2.75) is 52.6 Å². The van der Waals surface area contributed by atoms with Crippen molar-refractivity contribution in [1.29, 1.82) is 0 Å². The van der Waals surface area contributed by atoms with Crippen molar-refractivity contribution < 1.29 is 0 Å². The monoisotopic (exact) mass is 285 g/mol. The average molecular weight is 285 g/mol. The molecule has 21 heavy (non-hydrogen) atoms. The molecule has 0 amide bonds. The molecule has 0 aliphatic carbocycles. The van der Waals surface area contributed by atoms with Gasteiger partial charge in [0.15, 0.2) is 0 Å². The Morgan fingerprint density at radius 1 is 1.19 bits per heavy atom. The molecule has 0 bridgehead atoms. The van der Waals surface area contributed by atoms with Crippen molar-refractivity contribution in [2.75, 3.05) is 11.4 Å². The van der Waals surface area contributed by atoms with Gasteiger partial charge in [0.05, 0.1) is 0 Å². The van der Waals surface area contributed by atoms with Gasteiger partial charge in [-0.05, 0) is 30.7 Å². The van der Waals surface area contributed by atoms with Crippen LogP contribution in [0.3, 0.4) is 0 Å². The van der Waals surface area contributed by atoms with E-state index in [0.717, 1.165) is 24.3 Å². The first kappa shape index (κ1) is 15.8. The number of nitrogens with zero attached hydrogens (tertiary/aromatic N) is 2. The molecule has 1 heterocycles. The van der Waals surface area contributed by atoms with E-state index in [1.165, 1.54) is 23.6 Å². The highest BCUT2D eigenvalue weighted by molar-refractivity contribution is 5.94. The fraction of sp³-hybridized carbons (Fsp3) is 0.500. The lowest BCUT2D eigenvalue weighted by Crippen LogP contribution is -2.34. The van der Waals surface area contributed by atoms with E-state index in [1.807, 2.05) is 6.20 Å². The summed E-state index contributed by atoms with van der Waals surface area (Å²) in [6, 6.07) is 8.97. The molecule has 1 atom stereocenters. The number of fused-ring (bicyclic) bond motifs is 1. The third-order valence-corrected chi connectivity index (χ3v) is 4.22. The summed E-state index contributed by atoms with van der Waals surface area (Å²) in [6.45, 7) is 8.34. The summed E-state index contributed by atoms with van der Waals surface area (Å²) in [6.07, 6.45) is 5.46. The molecule has 3 nitrogen and oxygen atoms in total. The molecular formula is C18H27N3. The molecule has 0 radical (unpaired) electrons. The van der Waals surface area contributed by atoms with Gasteiger partial charge in [0.1, 0.15) is 5.82 Å². The maximum absolute atomic E-state index is 5.85. The molecule has 1 aromatic heterocycles. The van der Waals surface area contributed by atoms with Crippen LogP contribution in [0.1, 0.15) is 45.6 Å². The van der Waals surface area contributed by atoms with Gasteiger partial charge in [-0.1, -0.05) is 44.5 Å². The minimum Gasteiger partial charge on any atom is -0.353 e. The first-order valence-corrected chi connectivity index (χ1v) is 8.06. The summed E-state index contributed by atoms with van der Waals surface area (Å²) in [5.74, 6) is 1.10. The van der Waals surface area contributed by atoms with E-state index in [9.17, 15) is 0 Å². The number of pyridine rings is 1. The minimum atomic E-state index is 0.496. The van der Waals surface area contributed by atoms with Crippen molar-refractivity contribution in [1.82, 2.24) is 4.98 Å². The third kappa shape index (κ3) is 3.35. The van der Waals surface area contributed by atoms with Gasteiger partial charge in [-0.25, -0.2) is 4.98 Å². The molecule has 0 aliphatic rings. The van der Waals surface area contributed by atoms with Gasteiger partial charge in [0, 0.05) is 30.7 Å². The fourth-order valence-corrected chi connectivity index (χ4v) is 2.71. The highest BCUT2D eigenvalue weighted by atomic mass is 15.2. The average Bonchev–Trinajstić information content (AvgIpc) is 2.54. The van der Waals surface area contributed by atoms with E-state index in [0.29, 0.717) is 12.6 Å². The van der Waals surface area contributed by atoms with Crippen LogP contribution in [0.15, 0.2) is 30.5 Å². The molecule has 0 fully saturated rings. The number of anilines is 1. The first-order valence-electron chi connectivity index (χ1n) is 8.06. The number of rotatable bonds is 7. The van der Waals surface area contributed by atoms with Crippen molar-refractivity contribution >= 4 is 16.6 Å². The number of hydrogen-bond acceptors (Lipinski definition) is 3. The molecule has 114 valence electrons. The van der Waals surface area contributed by atoms with Gasteiger partial charge in [0.25, 0.3) is 0 Å². The Balaban J connectivity index is 2.52. The van der Waals surface area contributed by atoms with E-state index in [2.05, 4.69) is 49.9 Å². The fourth-order valence-electron chi connectivity index (χ4n) is 2.71. The highest BCUT2D eigenvalue weighted by Crippen LogP contribution is 2.29. The van der Waals surface area contributed by atoms with Crippen molar-refractivity contribution in [3.63, 3.8) is 0 Å². The van der Waals surface area contributed by atoms with E-state index < -0.39 is 0 Å². The zero-order valence-electron chi connectivity index (χ0n) is 13.5. The lowest BCUT2D eigenvalue weighted by molar-refractivity contribution is 0.591. The molecule has 0 spiro atoms. The molecule has 1 unspecified atom stereocenters. The lowest BCUT2D eigenvalue weighted by Gasteiger charge is -2.31. The molecular weight excluding hydrogens is 258 g/mol. The predicted octanol–water partition coefficient (Wildman–Crippen LogP) is 4.10. The maximum atomic E-state index is 5.85. The summed E-state index contributed by atoms with van der Waals surface area (Å²) >= 11 is 0. The van der Waals surface area contributed by atoms with Gasteiger partial charge in [-0.3, -0.25) is 0 Å². The van der Waals surface area contributed by atoms with Crippen molar-refractivity contribution in [2.24, 2.45) is 5.73 Å². The van der Waals surface area contributed by atoms with Crippen LogP contribution in [-0.2, 0) is 6.54 Å². The second-order valence-corrected chi connectivity index (χ2v) is 5.66.